The smallest absolute Gasteiger partial charge is 0.201 e. The topological polar surface area (TPSA) is 9.23 Å². The van der Waals surface area contributed by atoms with Crippen LogP contribution in [0.3, 0.4) is 0 Å². The van der Waals surface area contributed by atoms with E-state index in [0.29, 0.717) is 18.1 Å². The Kier molecular flexibility index (Phi) is 10.3. The van der Waals surface area contributed by atoms with Gasteiger partial charge in [-0.1, -0.05) is 88.8 Å². The van der Waals surface area contributed by atoms with Gasteiger partial charge < -0.3 is 4.74 Å². The molecule has 0 aromatic heterocycles. The van der Waals surface area contributed by atoms with Crippen LogP contribution in [0.2, 0.25) is 0 Å². The van der Waals surface area contributed by atoms with Gasteiger partial charge in [0.05, 0.1) is 6.61 Å². The molecule has 0 aliphatic heterocycles. The molecule has 0 heterocycles. The molecule has 0 radical (unpaired) electrons. The SMILES string of the molecule is CCCCCOc1ccc(-c2ccc(-c3ccc(C4CCC(CCCCC)CC4)c(F)c3)cc2)c(F)c1F. The van der Waals surface area contributed by atoms with Crippen molar-refractivity contribution < 1.29 is 17.9 Å². The van der Waals surface area contributed by atoms with E-state index in [1.807, 2.05) is 24.3 Å². The Morgan fingerprint density at radius 2 is 1.34 bits per heavy atom. The van der Waals surface area contributed by atoms with Crippen LogP contribution in [0.15, 0.2) is 54.6 Å². The van der Waals surface area contributed by atoms with Gasteiger partial charge in [0, 0.05) is 5.56 Å². The minimum Gasteiger partial charge on any atom is -0.490 e. The maximum absolute atomic E-state index is 15.2. The molecule has 0 spiro atoms. The molecular weight excluding hydrogens is 481 g/mol. The van der Waals surface area contributed by atoms with E-state index in [1.165, 1.54) is 44.6 Å². The average Bonchev–Trinajstić information content (AvgIpc) is 2.94. The maximum atomic E-state index is 15.2. The third kappa shape index (κ3) is 7.01. The summed E-state index contributed by atoms with van der Waals surface area (Å²) in [5.74, 6) is -0.989. The van der Waals surface area contributed by atoms with Crippen molar-refractivity contribution in [1.29, 1.82) is 0 Å². The van der Waals surface area contributed by atoms with Gasteiger partial charge in [0.25, 0.3) is 0 Å². The first kappa shape index (κ1) is 28.3. The molecule has 204 valence electrons. The number of halogens is 3. The molecule has 1 saturated carbocycles. The number of benzene rings is 3. The van der Waals surface area contributed by atoms with Crippen LogP contribution in [0.5, 0.6) is 5.75 Å². The van der Waals surface area contributed by atoms with E-state index >= 15 is 4.39 Å². The van der Waals surface area contributed by atoms with Gasteiger partial charge in [0.15, 0.2) is 11.6 Å². The fourth-order valence-corrected chi connectivity index (χ4v) is 5.73. The van der Waals surface area contributed by atoms with E-state index in [4.69, 9.17) is 4.74 Å². The molecule has 3 aromatic rings. The molecule has 0 bridgehead atoms. The summed E-state index contributed by atoms with van der Waals surface area (Å²) >= 11 is 0. The summed E-state index contributed by atoms with van der Waals surface area (Å²) in [6.07, 6.45) is 12.5. The van der Waals surface area contributed by atoms with Crippen molar-refractivity contribution in [2.45, 2.75) is 90.4 Å². The summed E-state index contributed by atoms with van der Waals surface area (Å²) in [4.78, 5) is 0. The number of rotatable bonds is 12. The molecule has 1 aliphatic rings. The minimum atomic E-state index is -0.962. The fourth-order valence-electron chi connectivity index (χ4n) is 5.73. The summed E-state index contributed by atoms with van der Waals surface area (Å²) in [6.45, 7) is 4.68. The monoisotopic (exact) mass is 522 g/mol. The number of ether oxygens (including phenoxy) is 1. The highest BCUT2D eigenvalue weighted by molar-refractivity contribution is 5.71. The lowest BCUT2D eigenvalue weighted by atomic mass is 9.76. The lowest BCUT2D eigenvalue weighted by Crippen LogP contribution is -2.14. The standard InChI is InChI=1S/C34H41F3O/c1-3-5-7-9-24-10-12-26(13-11-24)29-19-18-28(23-31(29)35)25-14-16-27(17-15-25)30-20-21-32(34(37)33(30)36)38-22-8-6-4-2/h14-21,23-24,26H,3-13,22H2,1-2H3. The van der Waals surface area contributed by atoms with Crippen LogP contribution in [0.25, 0.3) is 22.3 Å². The van der Waals surface area contributed by atoms with Crippen molar-refractivity contribution in [3.8, 4) is 28.0 Å². The van der Waals surface area contributed by atoms with Crippen LogP contribution >= 0.6 is 0 Å². The second-order valence-corrected chi connectivity index (χ2v) is 10.8. The molecule has 0 unspecified atom stereocenters. The fraction of sp³-hybridized carbons (Fsp3) is 0.471. The third-order valence-corrected chi connectivity index (χ3v) is 8.08. The molecule has 3 aromatic carbocycles. The second-order valence-electron chi connectivity index (χ2n) is 10.8. The van der Waals surface area contributed by atoms with Gasteiger partial charge in [-0.3, -0.25) is 0 Å². The molecule has 1 nitrogen and oxygen atoms in total. The van der Waals surface area contributed by atoms with Crippen molar-refractivity contribution in [3.05, 3.63) is 77.6 Å². The lowest BCUT2D eigenvalue weighted by Gasteiger charge is -2.29. The first-order chi connectivity index (χ1) is 18.5. The van der Waals surface area contributed by atoms with Crippen molar-refractivity contribution >= 4 is 0 Å². The number of unbranched alkanes of at least 4 members (excludes halogenated alkanes) is 4. The van der Waals surface area contributed by atoms with Gasteiger partial charge in [0.2, 0.25) is 5.82 Å². The van der Waals surface area contributed by atoms with Gasteiger partial charge >= 0.3 is 0 Å². The summed E-state index contributed by atoms with van der Waals surface area (Å²) < 4.78 is 50.0. The Balaban J connectivity index is 1.41. The first-order valence-corrected chi connectivity index (χ1v) is 14.5. The van der Waals surface area contributed by atoms with E-state index in [0.717, 1.165) is 54.7 Å². The summed E-state index contributed by atoms with van der Waals surface area (Å²) in [6, 6.07) is 15.7. The highest BCUT2D eigenvalue weighted by Gasteiger charge is 2.24. The van der Waals surface area contributed by atoms with Crippen LogP contribution in [0, 0.1) is 23.4 Å². The molecule has 1 fully saturated rings. The zero-order valence-corrected chi connectivity index (χ0v) is 22.9. The van der Waals surface area contributed by atoms with Crippen LogP contribution in [-0.4, -0.2) is 6.61 Å². The van der Waals surface area contributed by atoms with Crippen LogP contribution in [-0.2, 0) is 0 Å². The first-order valence-electron chi connectivity index (χ1n) is 14.5. The van der Waals surface area contributed by atoms with E-state index in [9.17, 15) is 8.78 Å². The Hall–Kier alpha value is -2.75. The van der Waals surface area contributed by atoms with Gasteiger partial charge in [-0.2, -0.15) is 4.39 Å². The zero-order valence-electron chi connectivity index (χ0n) is 22.9. The van der Waals surface area contributed by atoms with Crippen LogP contribution in [0.4, 0.5) is 13.2 Å². The molecule has 4 rings (SSSR count). The number of hydrogen-bond acceptors (Lipinski definition) is 1. The molecule has 0 atom stereocenters. The highest BCUT2D eigenvalue weighted by Crippen LogP contribution is 2.39. The molecule has 38 heavy (non-hydrogen) atoms. The Bertz CT molecular complexity index is 1160. The minimum absolute atomic E-state index is 0.0560. The Morgan fingerprint density at radius 3 is 2.03 bits per heavy atom. The van der Waals surface area contributed by atoms with Gasteiger partial charge in [-0.25, -0.2) is 8.78 Å². The van der Waals surface area contributed by atoms with Gasteiger partial charge in [-0.15, -0.1) is 0 Å². The average molecular weight is 523 g/mol. The predicted octanol–water partition coefficient (Wildman–Crippen LogP) is 10.9. The van der Waals surface area contributed by atoms with E-state index in [-0.39, 0.29) is 17.1 Å². The summed E-state index contributed by atoms with van der Waals surface area (Å²) in [5, 5.41) is 0. The maximum Gasteiger partial charge on any atom is 0.201 e. The molecule has 0 N–H and O–H groups in total. The van der Waals surface area contributed by atoms with Crippen molar-refractivity contribution in [2.75, 3.05) is 6.61 Å². The van der Waals surface area contributed by atoms with Gasteiger partial charge in [0.1, 0.15) is 5.82 Å². The molecule has 0 saturated heterocycles. The third-order valence-electron chi connectivity index (χ3n) is 8.08. The zero-order chi connectivity index (χ0) is 26.9. The molecule has 0 amide bonds. The van der Waals surface area contributed by atoms with E-state index < -0.39 is 11.6 Å². The van der Waals surface area contributed by atoms with Crippen LogP contribution < -0.4 is 4.74 Å². The Morgan fingerprint density at radius 1 is 0.684 bits per heavy atom. The van der Waals surface area contributed by atoms with E-state index in [1.54, 1.807) is 24.3 Å². The second kappa shape index (κ2) is 13.9. The van der Waals surface area contributed by atoms with Crippen molar-refractivity contribution in [2.24, 2.45) is 5.92 Å². The van der Waals surface area contributed by atoms with Crippen molar-refractivity contribution in [1.82, 2.24) is 0 Å². The highest BCUT2D eigenvalue weighted by atomic mass is 19.2. The lowest BCUT2D eigenvalue weighted by molar-refractivity contribution is 0.286. The molecular formula is C34H41F3O. The Labute approximate surface area is 226 Å². The number of hydrogen-bond donors (Lipinski definition) is 0. The molecule has 1 aliphatic carbocycles. The summed E-state index contributed by atoms with van der Waals surface area (Å²) in [7, 11) is 0. The predicted molar refractivity (Wildman–Crippen MR) is 151 cm³/mol. The molecule has 4 heteroatoms. The summed E-state index contributed by atoms with van der Waals surface area (Å²) in [5.41, 5.74) is 3.20. The quantitative estimate of drug-likeness (QED) is 0.215. The van der Waals surface area contributed by atoms with Crippen molar-refractivity contribution in [3.63, 3.8) is 0 Å². The largest absolute Gasteiger partial charge is 0.490 e. The normalized spacial score (nSPS) is 17.5. The van der Waals surface area contributed by atoms with Gasteiger partial charge in [-0.05, 0) is 84.4 Å². The van der Waals surface area contributed by atoms with Crippen LogP contribution in [0.1, 0.15) is 96.0 Å². The van der Waals surface area contributed by atoms with E-state index in [2.05, 4.69) is 13.8 Å².